The molecular weight excluding hydrogens is 256 g/mol. The van der Waals surface area contributed by atoms with Crippen LogP contribution in [0.15, 0.2) is 23.1 Å². The molecule has 3 N–H and O–H groups in total. The number of thioether (sulfide) groups is 1. The maximum atomic E-state index is 11.8. The van der Waals surface area contributed by atoms with E-state index in [9.17, 15) is 4.79 Å². The molecule has 5 heteroatoms. The number of rotatable bonds is 2. The molecule has 1 amide bonds. The molecule has 1 atom stereocenters. The fourth-order valence-electron chi connectivity index (χ4n) is 1.79. The molecule has 1 saturated heterocycles. The summed E-state index contributed by atoms with van der Waals surface area (Å²) >= 11 is 7.60. The maximum Gasteiger partial charge on any atom is 0.233 e. The molecule has 1 aliphatic heterocycles. The Hall–Kier alpha value is -0.870. The number of carbonyl (C=O) groups excluding carboxylic acids is 1. The van der Waals surface area contributed by atoms with Gasteiger partial charge in [-0.25, -0.2) is 0 Å². The lowest BCUT2D eigenvalue weighted by Crippen LogP contribution is -2.30. The van der Waals surface area contributed by atoms with E-state index in [4.69, 9.17) is 17.3 Å². The number of hydrogen-bond donors (Lipinski definition) is 2. The van der Waals surface area contributed by atoms with Gasteiger partial charge in [-0.15, -0.1) is 11.8 Å². The van der Waals surface area contributed by atoms with E-state index in [2.05, 4.69) is 5.32 Å². The Kier molecular flexibility index (Phi) is 4.18. The van der Waals surface area contributed by atoms with Gasteiger partial charge in [0.05, 0.1) is 10.3 Å². The van der Waals surface area contributed by atoms with Gasteiger partial charge < -0.3 is 11.1 Å². The van der Waals surface area contributed by atoms with Crippen LogP contribution in [0.25, 0.3) is 0 Å². The highest BCUT2D eigenvalue weighted by atomic mass is 35.5. The zero-order valence-corrected chi connectivity index (χ0v) is 11.0. The third kappa shape index (κ3) is 3.30. The number of benzene rings is 1. The van der Waals surface area contributed by atoms with Crippen molar-refractivity contribution in [3.05, 3.63) is 23.2 Å². The van der Waals surface area contributed by atoms with E-state index in [1.807, 2.05) is 6.07 Å². The molecule has 3 nitrogen and oxygen atoms in total. The molecule has 1 aliphatic rings. The van der Waals surface area contributed by atoms with Gasteiger partial charge in [0, 0.05) is 17.1 Å². The Labute approximate surface area is 110 Å². The molecule has 0 saturated carbocycles. The Balaban J connectivity index is 2.13. The fraction of sp³-hybridized carbons (Fsp3) is 0.417. The Bertz CT molecular complexity index is 425. The summed E-state index contributed by atoms with van der Waals surface area (Å²) in [7, 11) is 0. The van der Waals surface area contributed by atoms with Crippen LogP contribution in [0.5, 0.6) is 0 Å². The lowest BCUT2D eigenvalue weighted by molar-refractivity contribution is -0.120. The summed E-state index contributed by atoms with van der Waals surface area (Å²) in [5.74, 6) is 0.103. The average Bonchev–Trinajstić information content (AvgIpc) is 2.50. The van der Waals surface area contributed by atoms with Crippen LogP contribution >= 0.6 is 23.4 Å². The highest BCUT2D eigenvalue weighted by Crippen LogP contribution is 2.34. The van der Waals surface area contributed by atoms with E-state index in [1.165, 1.54) is 11.8 Å². The van der Waals surface area contributed by atoms with Crippen molar-refractivity contribution in [2.75, 3.05) is 12.3 Å². The molecule has 1 aromatic rings. The first-order valence-corrected chi connectivity index (χ1v) is 6.92. The summed E-state index contributed by atoms with van der Waals surface area (Å²) in [4.78, 5) is 12.7. The van der Waals surface area contributed by atoms with Gasteiger partial charge in [-0.1, -0.05) is 18.0 Å². The van der Waals surface area contributed by atoms with E-state index in [1.54, 1.807) is 12.1 Å². The molecular formula is C12H15ClN2OS. The van der Waals surface area contributed by atoms with E-state index >= 15 is 0 Å². The van der Waals surface area contributed by atoms with Crippen LogP contribution in [0.3, 0.4) is 0 Å². The van der Waals surface area contributed by atoms with Crippen LogP contribution in [0.4, 0.5) is 5.69 Å². The minimum absolute atomic E-state index is 0.0585. The van der Waals surface area contributed by atoms with Crippen molar-refractivity contribution in [1.29, 1.82) is 0 Å². The van der Waals surface area contributed by atoms with E-state index in [0.717, 1.165) is 30.7 Å². The summed E-state index contributed by atoms with van der Waals surface area (Å²) in [6, 6.07) is 5.36. The molecule has 1 fully saturated rings. The zero-order chi connectivity index (χ0) is 12.3. The van der Waals surface area contributed by atoms with Crippen molar-refractivity contribution in [2.24, 2.45) is 0 Å². The first-order chi connectivity index (χ1) is 8.16. The van der Waals surface area contributed by atoms with Crippen molar-refractivity contribution >= 4 is 35.0 Å². The summed E-state index contributed by atoms with van der Waals surface area (Å²) in [5, 5.41) is 3.51. The largest absolute Gasteiger partial charge is 0.399 e. The van der Waals surface area contributed by atoms with Crippen molar-refractivity contribution < 1.29 is 4.79 Å². The van der Waals surface area contributed by atoms with Crippen molar-refractivity contribution in [1.82, 2.24) is 5.32 Å². The molecule has 1 aromatic carbocycles. The van der Waals surface area contributed by atoms with Crippen LogP contribution in [0.1, 0.15) is 19.3 Å². The smallest absolute Gasteiger partial charge is 0.233 e. The van der Waals surface area contributed by atoms with Crippen LogP contribution in [-0.4, -0.2) is 17.7 Å². The number of nitrogens with one attached hydrogen (secondary N) is 1. The third-order valence-electron chi connectivity index (χ3n) is 2.71. The van der Waals surface area contributed by atoms with E-state index in [0.29, 0.717) is 10.7 Å². The van der Waals surface area contributed by atoms with Gasteiger partial charge in [0.2, 0.25) is 5.91 Å². The molecule has 0 bridgehead atoms. The Morgan fingerprint density at radius 3 is 3.06 bits per heavy atom. The first kappa shape index (κ1) is 12.6. The summed E-state index contributed by atoms with van der Waals surface area (Å²) in [5.41, 5.74) is 6.40. The predicted octanol–water partition coefficient (Wildman–Crippen LogP) is 2.68. The molecule has 1 heterocycles. The number of hydrogen-bond acceptors (Lipinski definition) is 3. The molecule has 0 radical (unpaired) electrons. The van der Waals surface area contributed by atoms with Crippen LogP contribution in [0, 0.1) is 0 Å². The number of nitrogens with two attached hydrogens (primary N) is 1. The van der Waals surface area contributed by atoms with Gasteiger partial charge in [-0.05, 0) is 31.0 Å². The van der Waals surface area contributed by atoms with E-state index in [-0.39, 0.29) is 11.2 Å². The molecule has 92 valence electrons. The predicted molar refractivity (Wildman–Crippen MR) is 72.4 cm³/mol. The normalized spacial score (nSPS) is 20.8. The second-order valence-electron chi connectivity index (χ2n) is 4.08. The van der Waals surface area contributed by atoms with Gasteiger partial charge in [0.15, 0.2) is 0 Å². The summed E-state index contributed by atoms with van der Waals surface area (Å²) < 4.78 is 0. The molecule has 0 spiro atoms. The number of halogens is 1. The van der Waals surface area contributed by atoms with Crippen molar-refractivity contribution in [3.8, 4) is 0 Å². The summed E-state index contributed by atoms with van der Waals surface area (Å²) in [6.07, 6.45) is 3.01. The van der Waals surface area contributed by atoms with E-state index < -0.39 is 0 Å². The highest BCUT2D eigenvalue weighted by Gasteiger charge is 2.22. The topological polar surface area (TPSA) is 55.1 Å². The molecule has 0 aliphatic carbocycles. The van der Waals surface area contributed by atoms with Gasteiger partial charge in [-0.3, -0.25) is 4.79 Å². The molecule has 17 heavy (non-hydrogen) atoms. The molecule has 2 rings (SSSR count). The van der Waals surface area contributed by atoms with Crippen molar-refractivity contribution in [3.63, 3.8) is 0 Å². The minimum Gasteiger partial charge on any atom is -0.399 e. The second-order valence-corrected chi connectivity index (χ2v) is 5.73. The quantitative estimate of drug-likeness (QED) is 0.813. The monoisotopic (exact) mass is 270 g/mol. The SMILES string of the molecule is Nc1ccc(Cl)c(SC2CCCCNC2=O)c1. The van der Waals surface area contributed by atoms with Crippen molar-refractivity contribution in [2.45, 2.75) is 29.4 Å². The van der Waals surface area contributed by atoms with Crippen LogP contribution in [0.2, 0.25) is 5.02 Å². The van der Waals surface area contributed by atoms with Gasteiger partial charge >= 0.3 is 0 Å². The van der Waals surface area contributed by atoms with Crippen LogP contribution < -0.4 is 11.1 Å². The molecule has 1 unspecified atom stereocenters. The average molecular weight is 271 g/mol. The van der Waals surface area contributed by atoms with Gasteiger partial charge in [0.25, 0.3) is 0 Å². The molecule has 0 aromatic heterocycles. The zero-order valence-electron chi connectivity index (χ0n) is 9.41. The number of nitrogen functional groups attached to an aromatic ring is 1. The fourth-order valence-corrected chi connectivity index (χ4v) is 3.20. The van der Waals surface area contributed by atoms with Crippen LogP contribution in [-0.2, 0) is 4.79 Å². The maximum absolute atomic E-state index is 11.8. The third-order valence-corrected chi connectivity index (χ3v) is 4.48. The second kappa shape index (κ2) is 5.65. The van der Waals surface area contributed by atoms with Gasteiger partial charge in [-0.2, -0.15) is 0 Å². The Morgan fingerprint density at radius 1 is 1.41 bits per heavy atom. The standard InChI is InChI=1S/C12H15ClN2OS/c13-9-5-4-8(14)7-11(9)17-10-3-1-2-6-15-12(10)16/h4-5,7,10H,1-3,6,14H2,(H,15,16). The Morgan fingerprint density at radius 2 is 2.24 bits per heavy atom. The van der Waals surface area contributed by atoms with Gasteiger partial charge in [0.1, 0.15) is 0 Å². The lowest BCUT2D eigenvalue weighted by Gasteiger charge is -2.13. The first-order valence-electron chi connectivity index (χ1n) is 5.66. The summed E-state index contributed by atoms with van der Waals surface area (Å²) in [6.45, 7) is 0.778. The number of carbonyl (C=O) groups is 1. The lowest BCUT2D eigenvalue weighted by atomic mass is 10.2. The number of anilines is 1. The number of amides is 1. The minimum atomic E-state index is -0.0585. The highest BCUT2D eigenvalue weighted by molar-refractivity contribution is 8.00.